The summed E-state index contributed by atoms with van der Waals surface area (Å²) >= 11 is 0. The third kappa shape index (κ3) is 3.67. The first-order valence-corrected chi connectivity index (χ1v) is 6.60. The summed E-state index contributed by atoms with van der Waals surface area (Å²) in [5.74, 6) is 0.638. The van der Waals surface area contributed by atoms with Gasteiger partial charge in [-0.3, -0.25) is 10.1 Å². The van der Waals surface area contributed by atoms with Crippen LogP contribution in [0.4, 0.5) is 5.69 Å². The molecule has 0 fully saturated rings. The van der Waals surface area contributed by atoms with E-state index in [-0.39, 0.29) is 5.69 Å². The van der Waals surface area contributed by atoms with Crippen LogP contribution in [0.5, 0.6) is 5.75 Å². The Kier molecular flexibility index (Phi) is 5.76. The third-order valence-electron chi connectivity index (χ3n) is 3.40. The molecule has 0 amide bonds. The van der Waals surface area contributed by atoms with Gasteiger partial charge in [0.2, 0.25) is 0 Å². The van der Waals surface area contributed by atoms with Crippen molar-refractivity contribution < 1.29 is 9.66 Å². The summed E-state index contributed by atoms with van der Waals surface area (Å²) in [6, 6.07) is 5.44. The molecule has 0 aliphatic rings. The standard InChI is InChI=1S/C14H22N2O3/c1-5-12(10(3)15-6-2)11-7-8-13(16(17)18)14(9-11)19-4/h7-10,12,15H,5-6H2,1-4H3. The first kappa shape index (κ1) is 15.4. The second-order valence-corrected chi connectivity index (χ2v) is 4.55. The number of ether oxygens (including phenoxy) is 1. The zero-order valence-electron chi connectivity index (χ0n) is 12.0. The maximum absolute atomic E-state index is 10.9. The molecule has 0 aliphatic carbocycles. The number of nitrogens with one attached hydrogen (secondary N) is 1. The number of likely N-dealkylation sites (N-methyl/N-ethyl adjacent to an activating group) is 1. The summed E-state index contributed by atoms with van der Waals surface area (Å²) in [5, 5.41) is 14.3. The van der Waals surface area contributed by atoms with E-state index in [2.05, 4.69) is 26.1 Å². The SMILES string of the molecule is CCNC(C)C(CC)c1ccc([N+](=O)[O-])c(OC)c1. The number of nitro groups is 1. The lowest BCUT2D eigenvalue weighted by Crippen LogP contribution is -2.31. The van der Waals surface area contributed by atoms with Gasteiger partial charge in [-0.1, -0.05) is 19.9 Å². The topological polar surface area (TPSA) is 64.4 Å². The van der Waals surface area contributed by atoms with Crippen molar-refractivity contribution in [2.75, 3.05) is 13.7 Å². The Hall–Kier alpha value is -1.62. The molecule has 1 aromatic rings. The van der Waals surface area contributed by atoms with Crippen LogP contribution in [-0.2, 0) is 0 Å². The Morgan fingerprint density at radius 1 is 1.42 bits per heavy atom. The zero-order valence-corrected chi connectivity index (χ0v) is 12.0. The average Bonchev–Trinajstić information content (AvgIpc) is 2.39. The fourth-order valence-corrected chi connectivity index (χ4v) is 2.42. The van der Waals surface area contributed by atoms with E-state index < -0.39 is 4.92 Å². The summed E-state index contributed by atoms with van der Waals surface area (Å²) in [7, 11) is 1.46. The largest absolute Gasteiger partial charge is 0.490 e. The Morgan fingerprint density at radius 3 is 2.58 bits per heavy atom. The summed E-state index contributed by atoms with van der Waals surface area (Å²) < 4.78 is 5.12. The Labute approximate surface area is 114 Å². The fraction of sp³-hybridized carbons (Fsp3) is 0.571. The van der Waals surface area contributed by atoms with Crippen LogP contribution in [0.3, 0.4) is 0 Å². The minimum Gasteiger partial charge on any atom is -0.490 e. The molecule has 1 rings (SSSR count). The molecule has 0 aromatic heterocycles. The molecule has 0 spiro atoms. The molecular formula is C14H22N2O3. The van der Waals surface area contributed by atoms with Gasteiger partial charge in [-0.15, -0.1) is 0 Å². The molecular weight excluding hydrogens is 244 g/mol. The average molecular weight is 266 g/mol. The molecule has 5 heteroatoms. The second kappa shape index (κ2) is 7.09. The van der Waals surface area contributed by atoms with Gasteiger partial charge in [0.25, 0.3) is 0 Å². The van der Waals surface area contributed by atoms with Crippen LogP contribution in [-0.4, -0.2) is 24.6 Å². The lowest BCUT2D eigenvalue weighted by molar-refractivity contribution is -0.385. The number of hydrogen-bond donors (Lipinski definition) is 1. The molecule has 1 N–H and O–H groups in total. The van der Waals surface area contributed by atoms with E-state index >= 15 is 0 Å². The molecule has 0 saturated carbocycles. The normalized spacial score (nSPS) is 13.9. The number of hydrogen-bond acceptors (Lipinski definition) is 4. The smallest absolute Gasteiger partial charge is 0.310 e. The lowest BCUT2D eigenvalue weighted by Gasteiger charge is -2.24. The molecule has 0 heterocycles. The highest BCUT2D eigenvalue weighted by Crippen LogP contribution is 2.32. The Morgan fingerprint density at radius 2 is 2.11 bits per heavy atom. The summed E-state index contributed by atoms with van der Waals surface area (Å²) in [5.41, 5.74) is 1.08. The minimum atomic E-state index is -0.419. The Bertz CT molecular complexity index is 435. The van der Waals surface area contributed by atoms with Gasteiger partial charge < -0.3 is 10.1 Å². The van der Waals surface area contributed by atoms with Gasteiger partial charge in [-0.05, 0) is 37.4 Å². The van der Waals surface area contributed by atoms with Gasteiger partial charge in [0, 0.05) is 12.1 Å². The highest BCUT2D eigenvalue weighted by Gasteiger charge is 2.21. The quantitative estimate of drug-likeness (QED) is 0.608. The van der Waals surface area contributed by atoms with Crippen LogP contribution in [0.1, 0.15) is 38.7 Å². The van der Waals surface area contributed by atoms with Crippen molar-refractivity contribution in [1.82, 2.24) is 5.32 Å². The van der Waals surface area contributed by atoms with E-state index in [1.807, 2.05) is 6.07 Å². The van der Waals surface area contributed by atoms with E-state index in [0.29, 0.717) is 17.7 Å². The van der Waals surface area contributed by atoms with E-state index in [4.69, 9.17) is 4.74 Å². The molecule has 1 aromatic carbocycles. The zero-order chi connectivity index (χ0) is 14.4. The first-order valence-electron chi connectivity index (χ1n) is 6.60. The molecule has 2 unspecified atom stereocenters. The minimum absolute atomic E-state index is 0.0113. The van der Waals surface area contributed by atoms with Gasteiger partial charge in [0.1, 0.15) is 0 Å². The number of nitrogens with zero attached hydrogens (tertiary/aromatic N) is 1. The van der Waals surface area contributed by atoms with Gasteiger partial charge in [0.05, 0.1) is 12.0 Å². The number of methoxy groups -OCH3 is 1. The highest BCUT2D eigenvalue weighted by atomic mass is 16.6. The second-order valence-electron chi connectivity index (χ2n) is 4.55. The van der Waals surface area contributed by atoms with Crippen molar-refractivity contribution >= 4 is 5.69 Å². The highest BCUT2D eigenvalue weighted by molar-refractivity contribution is 5.49. The van der Waals surface area contributed by atoms with Gasteiger partial charge in [0.15, 0.2) is 5.75 Å². The molecule has 106 valence electrons. The van der Waals surface area contributed by atoms with Crippen LogP contribution in [0, 0.1) is 10.1 Å². The van der Waals surface area contributed by atoms with Gasteiger partial charge in [-0.2, -0.15) is 0 Å². The monoisotopic (exact) mass is 266 g/mol. The van der Waals surface area contributed by atoms with Crippen LogP contribution >= 0.6 is 0 Å². The van der Waals surface area contributed by atoms with Crippen LogP contribution in [0.2, 0.25) is 0 Å². The van der Waals surface area contributed by atoms with Crippen molar-refractivity contribution in [3.05, 3.63) is 33.9 Å². The van der Waals surface area contributed by atoms with E-state index in [9.17, 15) is 10.1 Å². The summed E-state index contributed by atoms with van der Waals surface area (Å²) in [6.45, 7) is 7.22. The summed E-state index contributed by atoms with van der Waals surface area (Å²) in [4.78, 5) is 10.5. The van der Waals surface area contributed by atoms with Crippen molar-refractivity contribution in [3.63, 3.8) is 0 Å². The van der Waals surface area contributed by atoms with Crippen molar-refractivity contribution in [3.8, 4) is 5.75 Å². The molecule has 0 bridgehead atoms. The maximum Gasteiger partial charge on any atom is 0.310 e. The van der Waals surface area contributed by atoms with Crippen molar-refractivity contribution in [2.24, 2.45) is 0 Å². The van der Waals surface area contributed by atoms with Crippen LogP contribution in [0.25, 0.3) is 0 Å². The molecule has 0 radical (unpaired) electrons. The molecule has 2 atom stereocenters. The number of rotatable bonds is 7. The van der Waals surface area contributed by atoms with Gasteiger partial charge >= 0.3 is 5.69 Å². The van der Waals surface area contributed by atoms with Crippen molar-refractivity contribution in [2.45, 2.75) is 39.2 Å². The lowest BCUT2D eigenvalue weighted by atomic mass is 9.89. The number of nitro benzene ring substituents is 1. The predicted octanol–water partition coefficient (Wildman–Crippen LogP) is 3.10. The van der Waals surface area contributed by atoms with E-state index in [0.717, 1.165) is 18.5 Å². The number of benzene rings is 1. The Balaban J connectivity index is 3.09. The van der Waals surface area contributed by atoms with Gasteiger partial charge in [-0.25, -0.2) is 0 Å². The first-order chi connectivity index (χ1) is 9.04. The maximum atomic E-state index is 10.9. The summed E-state index contributed by atoms with van der Waals surface area (Å²) in [6.07, 6.45) is 0.967. The van der Waals surface area contributed by atoms with E-state index in [1.54, 1.807) is 6.07 Å². The molecule has 0 saturated heterocycles. The molecule has 0 aliphatic heterocycles. The van der Waals surface area contributed by atoms with Crippen molar-refractivity contribution in [1.29, 1.82) is 0 Å². The predicted molar refractivity (Wildman–Crippen MR) is 75.8 cm³/mol. The molecule has 5 nitrogen and oxygen atoms in total. The third-order valence-corrected chi connectivity index (χ3v) is 3.40. The van der Waals surface area contributed by atoms with Crippen LogP contribution in [0.15, 0.2) is 18.2 Å². The fourth-order valence-electron chi connectivity index (χ4n) is 2.42. The van der Waals surface area contributed by atoms with E-state index in [1.165, 1.54) is 13.2 Å². The molecule has 19 heavy (non-hydrogen) atoms. The van der Waals surface area contributed by atoms with Crippen LogP contribution < -0.4 is 10.1 Å².